The Morgan fingerprint density at radius 1 is 0.680 bits per heavy atom. The fraction of sp³-hybridized carbons (Fsp3) is 0.182. The molecule has 0 fully saturated rings. The summed E-state index contributed by atoms with van der Waals surface area (Å²) in [5, 5.41) is 4.48. The lowest BCUT2D eigenvalue weighted by Gasteiger charge is -2.40. The third-order valence-electron chi connectivity index (χ3n) is 5.18. The van der Waals surface area contributed by atoms with Gasteiger partial charge in [0.25, 0.3) is 0 Å². The number of aryl methyl sites for hydroxylation is 2. The monoisotopic (exact) mass is 326 g/mol. The number of fused-ring (bicyclic) bond motifs is 2. The topological polar surface area (TPSA) is 6.48 Å². The van der Waals surface area contributed by atoms with Crippen LogP contribution in [0.15, 0.2) is 66.7 Å². The van der Waals surface area contributed by atoms with Crippen LogP contribution in [0.3, 0.4) is 0 Å². The van der Waals surface area contributed by atoms with Crippen molar-refractivity contribution in [2.24, 2.45) is 0 Å². The zero-order valence-corrected chi connectivity index (χ0v) is 15.3. The molecule has 1 heterocycles. The van der Waals surface area contributed by atoms with Crippen molar-refractivity contribution < 1.29 is 0 Å². The summed E-state index contributed by atoms with van der Waals surface area (Å²) in [6, 6.07) is 24.2. The van der Waals surface area contributed by atoms with E-state index in [0.717, 1.165) is 0 Å². The second kappa shape index (κ2) is 6.09. The number of hydrazine groups is 1. The van der Waals surface area contributed by atoms with Crippen molar-refractivity contribution in [3.8, 4) is 0 Å². The van der Waals surface area contributed by atoms with E-state index in [1.165, 1.54) is 38.9 Å². The number of para-hydroxylation sites is 2. The first-order valence-electron chi connectivity index (χ1n) is 8.81. The highest BCUT2D eigenvalue weighted by Crippen LogP contribution is 2.28. The van der Waals surface area contributed by atoms with E-state index in [1.54, 1.807) is 0 Å². The van der Waals surface area contributed by atoms with E-state index in [-0.39, 0.29) is 6.71 Å². The maximum atomic E-state index is 2.31. The largest absolute Gasteiger partial charge is 0.276 e. The van der Waals surface area contributed by atoms with Gasteiger partial charge < -0.3 is 0 Å². The molecule has 3 aromatic rings. The molecule has 0 spiro atoms. The summed E-state index contributed by atoms with van der Waals surface area (Å²) >= 11 is 0. The number of hydrogen-bond donors (Lipinski definition) is 0. The van der Waals surface area contributed by atoms with Crippen molar-refractivity contribution in [2.75, 3.05) is 19.1 Å². The average molecular weight is 326 g/mol. The van der Waals surface area contributed by atoms with Crippen LogP contribution in [0, 0.1) is 13.8 Å². The maximum Gasteiger partial charge on any atom is 0.247 e. The minimum atomic E-state index is 0.268. The summed E-state index contributed by atoms with van der Waals surface area (Å²) in [4.78, 5) is 0. The fourth-order valence-corrected chi connectivity index (χ4v) is 4.17. The van der Waals surface area contributed by atoms with Gasteiger partial charge in [-0.2, -0.15) is 0 Å². The van der Waals surface area contributed by atoms with Gasteiger partial charge in [-0.1, -0.05) is 71.2 Å². The number of anilines is 2. The highest BCUT2D eigenvalue weighted by molar-refractivity contribution is 6.98. The summed E-state index contributed by atoms with van der Waals surface area (Å²) in [5.41, 5.74) is 9.40. The summed E-state index contributed by atoms with van der Waals surface area (Å²) in [5.74, 6) is 0. The van der Waals surface area contributed by atoms with Crippen molar-refractivity contribution >= 4 is 34.5 Å². The molecule has 124 valence electrons. The molecule has 3 heteroatoms. The molecule has 0 radical (unpaired) electrons. The Balaban J connectivity index is 2.06. The van der Waals surface area contributed by atoms with Crippen LogP contribution >= 0.6 is 0 Å². The Hall–Kier alpha value is -2.52. The SMILES string of the molecule is Cc1cccc(C)c1B1c2ccccc2N(N(C)C)c2ccccc21. The highest BCUT2D eigenvalue weighted by atomic mass is 15.6. The molecule has 0 unspecified atom stereocenters. The Kier molecular flexibility index (Phi) is 3.89. The van der Waals surface area contributed by atoms with Crippen molar-refractivity contribution in [3.05, 3.63) is 77.9 Å². The second-order valence-corrected chi connectivity index (χ2v) is 7.02. The minimum Gasteiger partial charge on any atom is -0.276 e. The molecule has 25 heavy (non-hydrogen) atoms. The Morgan fingerprint density at radius 3 is 1.64 bits per heavy atom. The van der Waals surface area contributed by atoms with Crippen LogP contribution in [0.1, 0.15) is 11.1 Å². The van der Waals surface area contributed by atoms with Gasteiger partial charge in [-0.3, -0.25) is 5.01 Å². The van der Waals surface area contributed by atoms with Crippen LogP contribution in [-0.2, 0) is 0 Å². The molecule has 0 atom stereocenters. The van der Waals surface area contributed by atoms with Crippen LogP contribution < -0.4 is 21.4 Å². The minimum absolute atomic E-state index is 0.268. The molecule has 1 aliphatic heterocycles. The normalized spacial score (nSPS) is 13.0. The Labute approximate surface area is 150 Å². The smallest absolute Gasteiger partial charge is 0.247 e. The van der Waals surface area contributed by atoms with E-state index in [1.807, 2.05) is 0 Å². The predicted molar refractivity (Wildman–Crippen MR) is 109 cm³/mol. The van der Waals surface area contributed by atoms with Crippen LogP contribution in [-0.4, -0.2) is 25.8 Å². The number of benzene rings is 3. The first-order valence-corrected chi connectivity index (χ1v) is 8.81. The van der Waals surface area contributed by atoms with Crippen LogP contribution in [0.2, 0.25) is 0 Å². The van der Waals surface area contributed by atoms with Gasteiger partial charge in [0.1, 0.15) is 0 Å². The van der Waals surface area contributed by atoms with Gasteiger partial charge in [0.05, 0.1) is 11.4 Å². The van der Waals surface area contributed by atoms with Gasteiger partial charge >= 0.3 is 0 Å². The predicted octanol–water partition coefficient (Wildman–Crippen LogP) is 2.75. The molecule has 0 amide bonds. The molecule has 4 rings (SSSR count). The molecular weight excluding hydrogens is 303 g/mol. The lowest BCUT2D eigenvalue weighted by atomic mass is 9.34. The highest BCUT2D eigenvalue weighted by Gasteiger charge is 2.36. The van der Waals surface area contributed by atoms with E-state index in [4.69, 9.17) is 0 Å². The van der Waals surface area contributed by atoms with Gasteiger partial charge in [0.2, 0.25) is 6.71 Å². The molecule has 0 aromatic heterocycles. The maximum absolute atomic E-state index is 2.31. The van der Waals surface area contributed by atoms with E-state index in [0.29, 0.717) is 0 Å². The van der Waals surface area contributed by atoms with Crippen molar-refractivity contribution in [3.63, 3.8) is 0 Å². The van der Waals surface area contributed by atoms with Crippen LogP contribution in [0.4, 0.5) is 11.4 Å². The summed E-state index contributed by atoms with van der Waals surface area (Å²) < 4.78 is 0. The second-order valence-electron chi connectivity index (χ2n) is 7.02. The number of rotatable bonds is 2. The molecule has 1 aliphatic rings. The average Bonchev–Trinajstić information content (AvgIpc) is 2.60. The lowest BCUT2D eigenvalue weighted by Crippen LogP contribution is -2.60. The number of hydrogen-bond acceptors (Lipinski definition) is 2. The summed E-state index contributed by atoms with van der Waals surface area (Å²) in [6.45, 7) is 4.72. The third-order valence-corrected chi connectivity index (χ3v) is 5.18. The van der Waals surface area contributed by atoms with Crippen molar-refractivity contribution in [1.29, 1.82) is 0 Å². The molecular formula is C22H23BN2. The van der Waals surface area contributed by atoms with Crippen molar-refractivity contribution in [1.82, 2.24) is 5.01 Å². The lowest BCUT2D eigenvalue weighted by molar-refractivity contribution is 0.419. The first kappa shape index (κ1) is 16.0. The van der Waals surface area contributed by atoms with Crippen LogP contribution in [0.5, 0.6) is 0 Å². The van der Waals surface area contributed by atoms with Gasteiger partial charge in [-0.25, -0.2) is 5.01 Å². The van der Waals surface area contributed by atoms with Crippen molar-refractivity contribution in [2.45, 2.75) is 13.8 Å². The standard InChI is InChI=1S/C22H23BN2/c1-16-10-9-11-17(2)22(16)23-18-12-5-7-14-20(18)25(24(3)4)21-15-8-6-13-19(21)23/h5-15H,1-4H3. The molecule has 0 saturated carbocycles. The molecule has 0 saturated heterocycles. The fourth-order valence-electron chi connectivity index (χ4n) is 4.17. The Morgan fingerprint density at radius 2 is 1.16 bits per heavy atom. The van der Waals surface area contributed by atoms with E-state index >= 15 is 0 Å². The van der Waals surface area contributed by atoms with Gasteiger partial charge in [-0.15, -0.1) is 0 Å². The third kappa shape index (κ3) is 2.47. The summed E-state index contributed by atoms with van der Waals surface area (Å²) in [7, 11) is 4.21. The van der Waals surface area contributed by atoms with Gasteiger partial charge in [0.15, 0.2) is 0 Å². The first-order chi connectivity index (χ1) is 12.1. The summed E-state index contributed by atoms with van der Waals surface area (Å²) in [6.07, 6.45) is 0. The zero-order chi connectivity index (χ0) is 17.6. The number of nitrogens with zero attached hydrogens (tertiary/aromatic N) is 2. The van der Waals surface area contributed by atoms with Crippen LogP contribution in [0.25, 0.3) is 0 Å². The van der Waals surface area contributed by atoms with E-state index < -0.39 is 0 Å². The molecule has 0 bridgehead atoms. The van der Waals surface area contributed by atoms with Gasteiger partial charge in [-0.05, 0) is 36.9 Å². The van der Waals surface area contributed by atoms with E-state index in [9.17, 15) is 0 Å². The molecule has 0 aliphatic carbocycles. The van der Waals surface area contributed by atoms with Gasteiger partial charge in [0, 0.05) is 14.1 Å². The quantitative estimate of drug-likeness (QED) is 0.668. The zero-order valence-electron chi connectivity index (χ0n) is 15.3. The Bertz CT molecular complexity index is 865. The molecule has 2 nitrogen and oxygen atoms in total. The molecule has 3 aromatic carbocycles. The van der Waals surface area contributed by atoms with E-state index in [2.05, 4.69) is 105 Å². The molecule has 0 N–H and O–H groups in total.